The molecule has 0 fully saturated rings. The maximum atomic E-state index is 8.52. The number of nitrogens with zero attached hydrogens (tertiary/aromatic N) is 1. The van der Waals surface area contributed by atoms with Gasteiger partial charge in [-0.15, -0.1) is 0 Å². The van der Waals surface area contributed by atoms with Crippen LogP contribution >= 0.6 is 11.6 Å². The second kappa shape index (κ2) is 3.68. The van der Waals surface area contributed by atoms with Gasteiger partial charge in [-0.3, -0.25) is 0 Å². The van der Waals surface area contributed by atoms with Gasteiger partial charge in [-0.25, -0.2) is 0 Å². The Kier molecular flexibility index (Phi) is 2.37. The van der Waals surface area contributed by atoms with Gasteiger partial charge in [0.15, 0.2) is 5.17 Å². The smallest absolute Gasteiger partial charge is 0.175 e. The van der Waals surface area contributed by atoms with Crippen molar-refractivity contribution in [2.45, 2.75) is 0 Å². The zero-order valence-corrected chi connectivity index (χ0v) is 8.07. The topological polar surface area (TPSA) is 32.6 Å². The fourth-order valence-electron chi connectivity index (χ4n) is 1.38. The molecule has 0 aliphatic rings. The molecule has 0 saturated heterocycles. The summed E-state index contributed by atoms with van der Waals surface area (Å²) in [6.07, 6.45) is 0. The van der Waals surface area contributed by atoms with Crippen molar-refractivity contribution in [3.05, 3.63) is 48.0 Å². The molecule has 14 heavy (non-hydrogen) atoms. The summed E-state index contributed by atoms with van der Waals surface area (Å²) < 4.78 is 0. The fourth-order valence-corrected chi connectivity index (χ4v) is 1.49. The highest BCUT2D eigenvalue weighted by atomic mass is 35.5. The minimum absolute atomic E-state index is 0.107. The molecule has 2 aromatic rings. The lowest BCUT2D eigenvalue weighted by molar-refractivity contribution is 0.321. The predicted octanol–water partition coefficient (Wildman–Crippen LogP) is 3.21. The van der Waals surface area contributed by atoms with Crippen LogP contribution in [0.4, 0.5) is 0 Å². The summed E-state index contributed by atoms with van der Waals surface area (Å²) in [7, 11) is 0. The molecule has 0 unspecified atom stereocenters. The largest absolute Gasteiger partial charge is 0.410 e. The number of fused-ring (bicyclic) bond motifs is 1. The van der Waals surface area contributed by atoms with E-state index >= 15 is 0 Å². The summed E-state index contributed by atoms with van der Waals surface area (Å²) in [5.41, 5.74) is 0.716. The number of halogens is 1. The van der Waals surface area contributed by atoms with Crippen molar-refractivity contribution in [1.82, 2.24) is 0 Å². The third-order valence-electron chi connectivity index (χ3n) is 2.08. The number of rotatable bonds is 1. The molecule has 0 aromatic heterocycles. The van der Waals surface area contributed by atoms with Crippen LogP contribution in [-0.2, 0) is 0 Å². The fraction of sp³-hybridized carbons (Fsp3) is 0. The summed E-state index contributed by atoms with van der Waals surface area (Å²) in [4.78, 5) is 0. The highest BCUT2D eigenvalue weighted by molar-refractivity contribution is 6.69. The molecule has 0 aliphatic heterocycles. The van der Waals surface area contributed by atoms with Gasteiger partial charge in [-0.2, -0.15) is 0 Å². The Bertz CT molecular complexity index is 493. The molecule has 0 amide bonds. The van der Waals surface area contributed by atoms with Crippen molar-refractivity contribution in [1.29, 1.82) is 0 Å². The van der Waals surface area contributed by atoms with Crippen LogP contribution in [-0.4, -0.2) is 10.4 Å². The van der Waals surface area contributed by atoms with Crippen LogP contribution < -0.4 is 0 Å². The van der Waals surface area contributed by atoms with Gasteiger partial charge in [0, 0.05) is 5.56 Å². The molecule has 0 atom stereocenters. The number of hydrogen-bond acceptors (Lipinski definition) is 2. The quantitative estimate of drug-likeness (QED) is 0.433. The van der Waals surface area contributed by atoms with E-state index in [2.05, 4.69) is 5.16 Å². The average Bonchev–Trinajstić information content (AvgIpc) is 2.27. The molecule has 0 spiro atoms. The van der Waals surface area contributed by atoms with Crippen molar-refractivity contribution in [3.8, 4) is 0 Å². The Morgan fingerprint density at radius 2 is 1.79 bits per heavy atom. The van der Waals surface area contributed by atoms with Gasteiger partial charge < -0.3 is 5.21 Å². The Balaban J connectivity index is 2.62. The Morgan fingerprint density at radius 3 is 2.50 bits per heavy atom. The predicted molar refractivity (Wildman–Crippen MR) is 58.1 cm³/mol. The molecule has 70 valence electrons. The lowest BCUT2D eigenvalue weighted by Crippen LogP contribution is -1.90. The second-order valence-electron chi connectivity index (χ2n) is 2.95. The average molecular weight is 206 g/mol. The minimum atomic E-state index is 0.107. The molecule has 1 N–H and O–H groups in total. The van der Waals surface area contributed by atoms with Crippen molar-refractivity contribution >= 4 is 27.5 Å². The van der Waals surface area contributed by atoms with Gasteiger partial charge in [-0.1, -0.05) is 53.2 Å². The maximum absolute atomic E-state index is 8.52. The monoisotopic (exact) mass is 205 g/mol. The lowest BCUT2D eigenvalue weighted by atomic mass is 10.1. The summed E-state index contributed by atoms with van der Waals surface area (Å²) in [6, 6.07) is 13.6. The number of benzene rings is 2. The van der Waals surface area contributed by atoms with E-state index in [1.807, 2.05) is 42.5 Å². The first kappa shape index (κ1) is 9.03. The van der Waals surface area contributed by atoms with Crippen molar-refractivity contribution in [3.63, 3.8) is 0 Å². The molecule has 2 aromatic carbocycles. The normalized spacial score (nSPS) is 11.9. The maximum Gasteiger partial charge on any atom is 0.175 e. The van der Waals surface area contributed by atoms with E-state index < -0.39 is 0 Å². The molecule has 0 radical (unpaired) electrons. The van der Waals surface area contributed by atoms with Crippen LogP contribution in [0.1, 0.15) is 5.56 Å². The Hall–Kier alpha value is -1.54. The highest BCUT2D eigenvalue weighted by Crippen LogP contribution is 2.16. The summed E-state index contributed by atoms with van der Waals surface area (Å²) in [5, 5.41) is 13.8. The third kappa shape index (κ3) is 1.56. The zero-order chi connectivity index (χ0) is 9.97. The summed E-state index contributed by atoms with van der Waals surface area (Å²) in [5.74, 6) is 0. The van der Waals surface area contributed by atoms with E-state index in [0.29, 0.717) is 5.56 Å². The van der Waals surface area contributed by atoms with Gasteiger partial charge in [0.05, 0.1) is 0 Å². The van der Waals surface area contributed by atoms with E-state index in [4.69, 9.17) is 16.8 Å². The van der Waals surface area contributed by atoms with Gasteiger partial charge in [0.25, 0.3) is 0 Å². The van der Waals surface area contributed by atoms with Crippen LogP contribution in [0.15, 0.2) is 47.6 Å². The molecule has 0 heterocycles. The molecule has 0 aliphatic carbocycles. The zero-order valence-electron chi connectivity index (χ0n) is 7.31. The van der Waals surface area contributed by atoms with Gasteiger partial charge in [0.1, 0.15) is 0 Å². The number of oxime groups is 1. The second-order valence-corrected chi connectivity index (χ2v) is 3.31. The highest BCUT2D eigenvalue weighted by Gasteiger charge is 2.00. The molecular weight excluding hydrogens is 198 g/mol. The van der Waals surface area contributed by atoms with Crippen molar-refractivity contribution in [2.24, 2.45) is 5.16 Å². The SMILES string of the molecule is O/N=C(\Cl)c1ccc2ccccc2c1. The summed E-state index contributed by atoms with van der Waals surface area (Å²) in [6.45, 7) is 0. The molecular formula is C11H8ClNO. The van der Waals surface area contributed by atoms with Crippen molar-refractivity contribution in [2.75, 3.05) is 0 Å². The summed E-state index contributed by atoms with van der Waals surface area (Å²) >= 11 is 5.69. The number of hydrogen-bond donors (Lipinski definition) is 1. The van der Waals surface area contributed by atoms with Crippen LogP contribution in [0.25, 0.3) is 10.8 Å². The van der Waals surface area contributed by atoms with Gasteiger partial charge >= 0.3 is 0 Å². The van der Waals surface area contributed by atoms with Crippen LogP contribution in [0, 0.1) is 0 Å². The van der Waals surface area contributed by atoms with E-state index in [0.717, 1.165) is 10.8 Å². The van der Waals surface area contributed by atoms with Crippen LogP contribution in [0.2, 0.25) is 0 Å². The van der Waals surface area contributed by atoms with E-state index in [1.165, 1.54) is 0 Å². The molecule has 3 heteroatoms. The Morgan fingerprint density at radius 1 is 1.07 bits per heavy atom. The van der Waals surface area contributed by atoms with E-state index in [-0.39, 0.29) is 5.17 Å². The van der Waals surface area contributed by atoms with Crippen LogP contribution in [0.3, 0.4) is 0 Å². The van der Waals surface area contributed by atoms with Gasteiger partial charge in [-0.05, 0) is 16.8 Å². The van der Waals surface area contributed by atoms with E-state index in [9.17, 15) is 0 Å². The van der Waals surface area contributed by atoms with Crippen molar-refractivity contribution < 1.29 is 5.21 Å². The molecule has 0 bridgehead atoms. The molecule has 2 nitrogen and oxygen atoms in total. The first-order chi connectivity index (χ1) is 6.81. The standard InChI is InChI=1S/C11H8ClNO/c12-11(13-14)10-6-5-8-3-1-2-4-9(8)7-10/h1-7,14H/b13-11-. The minimum Gasteiger partial charge on any atom is -0.410 e. The Labute approximate surface area is 86.4 Å². The van der Waals surface area contributed by atoms with Crippen LogP contribution in [0.5, 0.6) is 0 Å². The first-order valence-electron chi connectivity index (χ1n) is 4.18. The molecule has 0 saturated carbocycles. The lowest BCUT2D eigenvalue weighted by Gasteiger charge is -2.00. The van der Waals surface area contributed by atoms with Gasteiger partial charge in [0.2, 0.25) is 0 Å². The first-order valence-corrected chi connectivity index (χ1v) is 4.56. The third-order valence-corrected chi connectivity index (χ3v) is 2.37. The molecule has 2 rings (SSSR count). The van der Waals surface area contributed by atoms with E-state index in [1.54, 1.807) is 0 Å².